The maximum absolute atomic E-state index is 13.4. The predicted molar refractivity (Wildman–Crippen MR) is 167 cm³/mol. The molecule has 1 aliphatic heterocycles. The van der Waals surface area contributed by atoms with Crippen molar-refractivity contribution < 1.29 is 24.2 Å². The van der Waals surface area contributed by atoms with Gasteiger partial charge in [-0.15, -0.1) is 0 Å². The largest absolute Gasteiger partial charge is 0.478 e. The fraction of sp³-hybridized carbons (Fsp3) is 0.789. The average molecular weight is 591 g/mol. The highest BCUT2D eigenvalue weighted by molar-refractivity contribution is 6.02. The van der Waals surface area contributed by atoms with Crippen molar-refractivity contribution in [2.45, 2.75) is 125 Å². The van der Waals surface area contributed by atoms with Crippen LogP contribution in [-0.2, 0) is 9.47 Å². The van der Waals surface area contributed by atoms with Crippen LogP contribution in [0.15, 0.2) is 24.3 Å². The molecule has 5 aliphatic carbocycles. The summed E-state index contributed by atoms with van der Waals surface area (Å²) in [7, 11) is 0. The zero-order valence-corrected chi connectivity index (χ0v) is 27.6. The van der Waals surface area contributed by atoms with Crippen LogP contribution in [0.4, 0.5) is 0 Å². The summed E-state index contributed by atoms with van der Waals surface area (Å²) in [5.74, 6) is 0.976. The molecule has 10 atom stereocenters. The number of hydrogen-bond donors (Lipinski definition) is 1. The lowest BCUT2D eigenvalue weighted by molar-refractivity contribution is -0.252. The number of esters is 1. The summed E-state index contributed by atoms with van der Waals surface area (Å²) >= 11 is 0. The molecular formula is C38H54O5. The Bertz CT molecular complexity index is 1330. The van der Waals surface area contributed by atoms with Gasteiger partial charge in [0, 0.05) is 5.41 Å². The number of carbonyl (C=O) groups excluding carboxylic acids is 1. The van der Waals surface area contributed by atoms with E-state index in [9.17, 15) is 14.7 Å². The van der Waals surface area contributed by atoms with Crippen LogP contribution in [0, 0.1) is 56.2 Å². The van der Waals surface area contributed by atoms with Crippen molar-refractivity contribution >= 4 is 11.9 Å². The maximum atomic E-state index is 13.4. The molecule has 0 spiro atoms. The minimum Gasteiger partial charge on any atom is -0.478 e. The smallest absolute Gasteiger partial charge is 0.339 e. The third-order valence-corrected chi connectivity index (χ3v) is 15.7. The molecule has 5 saturated carbocycles. The van der Waals surface area contributed by atoms with Gasteiger partial charge in [0.1, 0.15) is 6.10 Å². The molecule has 5 heteroatoms. The van der Waals surface area contributed by atoms with E-state index in [0.717, 1.165) is 25.4 Å². The Morgan fingerprint density at radius 2 is 1.49 bits per heavy atom. The zero-order valence-electron chi connectivity index (χ0n) is 27.6. The number of hydrogen-bond acceptors (Lipinski definition) is 4. The van der Waals surface area contributed by atoms with E-state index in [1.54, 1.807) is 18.2 Å². The topological polar surface area (TPSA) is 72.8 Å². The Kier molecular flexibility index (Phi) is 6.47. The van der Waals surface area contributed by atoms with Crippen LogP contribution in [-0.4, -0.2) is 35.9 Å². The molecule has 6 fully saturated rings. The summed E-state index contributed by atoms with van der Waals surface area (Å²) in [4.78, 5) is 25.2. The molecule has 0 unspecified atom stereocenters. The molecule has 43 heavy (non-hydrogen) atoms. The van der Waals surface area contributed by atoms with Gasteiger partial charge in [-0.05, 0) is 127 Å². The molecule has 1 saturated heterocycles. The molecule has 1 aromatic rings. The molecule has 236 valence electrons. The molecule has 1 N–H and O–H groups in total. The fourth-order valence-corrected chi connectivity index (χ4v) is 13.2. The van der Waals surface area contributed by atoms with Gasteiger partial charge >= 0.3 is 11.9 Å². The fourth-order valence-electron chi connectivity index (χ4n) is 13.2. The first-order valence-electron chi connectivity index (χ1n) is 17.3. The lowest BCUT2D eigenvalue weighted by Crippen LogP contribution is -2.68. The highest BCUT2D eigenvalue weighted by Gasteiger charge is 2.73. The summed E-state index contributed by atoms with van der Waals surface area (Å²) in [6.45, 7) is 18.5. The summed E-state index contributed by atoms with van der Waals surface area (Å²) < 4.78 is 13.0. The van der Waals surface area contributed by atoms with E-state index in [2.05, 4.69) is 48.5 Å². The molecule has 1 aromatic carbocycles. The minimum atomic E-state index is -1.09. The van der Waals surface area contributed by atoms with E-state index < -0.39 is 11.9 Å². The van der Waals surface area contributed by atoms with Gasteiger partial charge in [0.15, 0.2) is 0 Å². The van der Waals surface area contributed by atoms with Crippen molar-refractivity contribution in [3.05, 3.63) is 35.4 Å². The van der Waals surface area contributed by atoms with Crippen molar-refractivity contribution in [1.29, 1.82) is 0 Å². The summed E-state index contributed by atoms with van der Waals surface area (Å²) in [5.41, 5.74) is 1.49. The standard InChI is InChI=1S/C38H54O5/c1-33(2)18-20-38-21-19-36(6)25(29(38)30(33)42-22-38)12-13-27-35(5)16-15-28(34(3,4)26(35)14-17-37(27,36)7)43-32(41)24-11-9-8-10-23(24)31(39)40/h8-11,25-30H,12-22H2,1-7H3,(H,39,40)/t25-,26-,27+,28+,29-,30+,35-,36+,37+,38+/m0/s1. The Morgan fingerprint density at radius 1 is 0.791 bits per heavy atom. The van der Waals surface area contributed by atoms with Gasteiger partial charge in [0.25, 0.3) is 0 Å². The van der Waals surface area contributed by atoms with Gasteiger partial charge in [0.2, 0.25) is 0 Å². The predicted octanol–water partition coefficient (Wildman–Crippen LogP) is 8.80. The van der Waals surface area contributed by atoms with Crippen LogP contribution in [0.5, 0.6) is 0 Å². The molecule has 6 aliphatic rings. The number of carboxylic acids is 1. The van der Waals surface area contributed by atoms with E-state index >= 15 is 0 Å². The molecule has 1 heterocycles. The molecule has 5 nitrogen and oxygen atoms in total. The van der Waals surface area contributed by atoms with Gasteiger partial charge < -0.3 is 14.6 Å². The van der Waals surface area contributed by atoms with Gasteiger partial charge in [0.05, 0.1) is 23.8 Å². The summed E-state index contributed by atoms with van der Waals surface area (Å²) in [6, 6.07) is 6.43. The molecule has 2 bridgehead atoms. The normalized spacial score (nSPS) is 47.3. The third-order valence-electron chi connectivity index (χ3n) is 15.7. The maximum Gasteiger partial charge on any atom is 0.339 e. The van der Waals surface area contributed by atoms with Crippen molar-refractivity contribution in [3.8, 4) is 0 Å². The first-order chi connectivity index (χ1) is 20.1. The zero-order chi connectivity index (χ0) is 30.8. The Hall–Kier alpha value is -1.88. The molecule has 0 radical (unpaired) electrons. The average Bonchev–Trinajstić information content (AvgIpc) is 3.29. The van der Waals surface area contributed by atoms with Crippen molar-refractivity contribution in [1.82, 2.24) is 0 Å². The van der Waals surface area contributed by atoms with Crippen molar-refractivity contribution in [3.63, 3.8) is 0 Å². The first kappa shape index (κ1) is 29.8. The van der Waals surface area contributed by atoms with E-state index in [0.29, 0.717) is 40.1 Å². The van der Waals surface area contributed by atoms with E-state index in [-0.39, 0.29) is 33.5 Å². The first-order valence-corrected chi connectivity index (χ1v) is 17.3. The van der Waals surface area contributed by atoms with Gasteiger partial charge in [-0.2, -0.15) is 0 Å². The van der Waals surface area contributed by atoms with Crippen LogP contribution in [0.3, 0.4) is 0 Å². The van der Waals surface area contributed by atoms with Gasteiger partial charge in [-0.1, -0.05) is 60.6 Å². The Labute approximate surface area is 258 Å². The number of fused-ring (bicyclic) bond motifs is 5. The molecule has 0 amide bonds. The van der Waals surface area contributed by atoms with Crippen molar-refractivity contribution in [2.75, 3.05) is 6.61 Å². The van der Waals surface area contributed by atoms with Crippen LogP contribution >= 0.6 is 0 Å². The Balaban J connectivity index is 1.16. The number of carbonyl (C=O) groups is 2. The van der Waals surface area contributed by atoms with Crippen LogP contribution in [0.2, 0.25) is 0 Å². The molecular weight excluding hydrogens is 536 g/mol. The molecule has 0 aromatic heterocycles. The second-order valence-corrected chi connectivity index (χ2v) is 17.9. The second-order valence-electron chi connectivity index (χ2n) is 17.9. The number of ether oxygens (including phenoxy) is 2. The number of carboxylic acid groups (broad SMARTS) is 1. The third kappa shape index (κ3) is 3.85. The Morgan fingerprint density at radius 3 is 2.21 bits per heavy atom. The van der Waals surface area contributed by atoms with Crippen LogP contribution in [0.1, 0.15) is 133 Å². The number of rotatable bonds is 3. The number of aromatic carboxylic acids is 1. The van der Waals surface area contributed by atoms with Gasteiger partial charge in [-0.3, -0.25) is 0 Å². The van der Waals surface area contributed by atoms with Gasteiger partial charge in [-0.25, -0.2) is 9.59 Å². The highest BCUT2D eigenvalue weighted by atomic mass is 16.5. The minimum absolute atomic E-state index is 0.0128. The summed E-state index contributed by atoms with van der Waals surface area (Å²) in [6.07, 6.45) is 12.4. The second kappa shape index (κ2) is 9.33. The quantitative estimate of drug-likeness (QED) is 0.356. The lowest BCUT2D eigenvalue weighted by atomic mass is 9.31. The monoisotopic (exact) mass is 590 g/mol. The lowest BCUT2D eigenvalue weighted by Gasteiger charge is -2.73. The van der Waals surface area contributed by atoms with Crippen molar-refractivity contribution in [2.24, 2.45) is 56.2 Å². The summed E-state index contributed by atoms with van der Waals surface area (Å²) in [5, 5.41) is 9.66. The van der Waals surface area contributed by atoms with E-state index in [1.165, 1.54) is 57.4 Å². The van der Waals surface area contributed by atoms with E-state index in [1.807, 2.05) is 0 Å². The van der Waals surface area contributed by atoms with Crippen LogP contribution in [0.25, 0.3) is 0 Å². The van der Waals surface area contributed by atoms with E-state index in [4.69, 9.17) is 9.47 Å². The molecule has 7 rings (SSSR count). The van der Waals surface area contributed by atoms with Crippen LogP contribution < -0.4 is 0 Å². The highest BCUT2D eigenvalue weighted by Crippen LogP contribution is 2.78. The SMILES string of the molecule is CC1(C)CC[C@]23CC[C@]4(C)[C@@H](CC[C@@H]5[C@@]6(C)CC[C@@H](OC(=O)c7ccccc7C(=O)O)C(C)(C)[C@@H]6CC[C@]54C)[C@H]2[C@H]1OC3. The number of benzene rings is 1.